The van der Waals surface area contributed by atoms with Gasteiger partial charge in [-0.1, -0.05) is 35.9 Å². The SMILES string of the molecule is Cc1ccc2c(c1)CN1C(=O)c3ccccc3C1=N2. The summed E-state index contributed by atoms with van der Waals surface area (Å²) in [5.41, 5.74) is 4.98. The fraction of sp³-hybridized carbons (Fsp3) is 0.125. The largest absolute Gasteiger partial charge is 0.288 e. The molecule has 0 N–H and O–H groups in total. The molecule has 2 aliphatic heterocycles. The molecule has 3 nitrogen and oxygen atoms in total. The number of amidine groups is 1. The van der Waals surface area contributed by atoms with Crippen LogP contribution in [0.2, 0.25) is 0 Å². The number of carbonyl (C=O) groups excluding carboxylic acids is 1. The third kappa shape index (κ3) is 1.38. The van der Waals surface area contributed by atoms with E-state index in [2.05, 4.69) is 24.0 Å². The summed E-state index contributed by atoms with van der Waals surface area (Å²) in [7, 11) is 0. The van der Waals surface area contributed by atoms with Gasteiger partial charge in [-0.05, 0) is 24.6 Å². The summed E-state index contributed by atoms with van der Waals surface area (Å²) in [5.74, 6) is 0.846. The van der Waals surface area contributed by atoms with Crippen molar-refractivity contribution in [2.75, 3.05) is 0 Å². The normalized spacial score (nSPS) is 15.7. The first-order valence-corrected chi connectivity index (χ1v) is 6.33. The Morgan fingerprint density at radius 1 is 1.11 bits per heavy atom. The van der Waals surface area contributed by atoms with Gasteiger partial charge in [0, 0.05) is 5.56 Å². The number of hydrogen-bond donors (Lipinski definition) is 0. The summed E-state index contributed by atoms with van der Waals surface area (Å²) >= 11 is 0. The molecule has 0 radical (unpaired) electrons. The minimum atomic E-state index is 0.0570. The van der Waals surface area contributed by atoms with Crippen molar-refractivity contribution in [2.24, 2.45) is 4.99 Å². The molecule has 0 saturated heterocycles. The van der Waals surface area contributed by atoms with Crippen molar-refractivity contribution in [3.8, 4) is 0 Å². The van der Waals surface area contributed by atoms with Crippen molar-refractivity contribution >= 4 is 17.4 Å². The van der Waals surface area contributed by atoms with E-state index in [1.807, 2.05) is 30.3 Å². The van der Waals surface area contributed by atoms with Gasteiger partial charge in [-0.2, -0.15) is 0 Å². The molecular weight excluding hydrogens is 236 g/mol. The molecule has 2 aromatic carbocycles. The van der Waals surface area contributed by atoms with Gasteiger partial charge in [0.1, 0.15) is 5.84 Å². The second kappa shape index (κ2) is 3.54. The van der Waals surface area contributed by atoms with Crippen LogP contribution in [0.1, 0.15) is 27.0 Å². The Labute approximate surface area is 111 Å². The second-order valence-electron chi connectivity index (χ2n) is 5.00. The van der Waals surface area contributed by atoms with Crippen LogP contribution in [-0.2, 0) is 6.54 Å². The number of nitrogens with zero attached hydrogens (tertiary/aromatic N) is 2. The van der Waals surface area contributed by atoms with Crippen LogP contribution in [0.15, 0.2) is 47.5 Å². The zero-order valence-electron chi connectivity index (χ0n) is 10.6. The highest BCUT2D eigenvalue weighted by Gasteiger charge is 2.35. The predicted molar refractivity (Wildman–Crippen MR) is 73.7 cm³/mol. The third-order valence-corrected chi connectivity index (χ3v) is 3.69. The smallest absolute Gasteiger partial charge is 0.260 e. The molecule has 4 rings (SSSR count). The maximum absolute atomic E-state index is 12.4. The lowest BCUT2D eigenvalue weighted by molar-refractivity contribution is 0.0851. The molecule has 2 aliphatic rings. The van der Waals surface area contributed by atoms with E-state index in [0.717, 1.165) is 28.2 Å². The zero-order chi connectivity index (χ0) is 13.0. The molecular formula is C16H12N2O. The average molecular weight is 248 g/mol. The van der Waals surface area contributed by atoms with E-state index in [9.17, 15) is 4.79 Å². The number of carbonyl (C=O) groups is 1. The number of hydrogen-bond acceptors (Lipinski definition) is 2. The van der Waals surface area contributed by atoms with Gasteiger partial charge in [0.25, 0.3) is 5.91 Å². The van der Waals surface area contributed by atoms with Crippen molar-refractivity contribution in [1.82, 2.24) is 4.90 Å². The molecule has 0 spiro atoms. The molecule has 3 heteroatoms. The molecule has 0 unspecified atom stereocenters. The summed E-state index contributed by atoms with van der Waals surface area (Å²) in [6, 6.07) is 13.9. The molecule has 1 amide bonds. The van der Waals surface area contributed by atoms with Crippen LogP contribution in [0.25, 0.3) is 0 Å². The van der Waals surface area contributed by atoms with Crippen LogP contribution < -0.4 is 0 Å². The minimum Gasteiger partial charge on any atom is -0.288 e. The van der Waals surface area contributed by atoms with E-state index in [1.54, 1.807) is 4.90 Å². The van der Waals surface area contributed by atoms with E-state index in [0.29, 0.717) is 6.54 Å². The number of aryl methyl sites for hydroxylation is 1. The zero-order valence-corrected chi connectivity index (χ0v) is 10.6. The van der Waals surface area contributed by atoms with E-state index in [1.165, 1.54) is 5.56 Å². The highest BCUT2D eigenvalue weighted by molar-refractivity contribution is 6.24. The summed E-state index contributed by atoms with van der Waals surface area (Å²) in [6.07, 6.45) is 0. The fourth-order valence-electron chi connectivity index (χ4n) is 2.75. The second-order valence-corrected chi connectivity index (χ2v) is 5.00. The lowest BCUT2D eigenvalue weighted by Gasteiger charge is -2.23. The topological polar surface area (TPSA) is 32.7 Å². The van der Waals surface area contributed by atoms with E-state index >= 15 is 0 Å². The molecule has 0 bridgehead atoms. The molecule has 92 valence electrons. The minimum absolute atomic E-state index is 0.0570. The monoisotopic (exact) mass is 248 g/mol. The van der Waals surface area contributed by atoms with Crippen LogP contribution in [0.5, 0.6) is 0 Å². The van der Waals surface area contributed by atoms with Crippen LogP contribution >= 0.6 is 0 Å². The first-order valence-electron chi connectivity index (χ1n) is 6.33. The Kier molecular flexibility index (Phi) is 1.96. The molecule has 0 atom stereocenters. The summed E-state index contributed by atoms with van der Waals surface area (Å²) < 4.78 is 0. The quantitative estimate of drug-likeness (QED) is 0.705. The highest BCUT2D eigenvalue weighted by atomic mass is 16.2. The van der Waals surface area contributed by atoms with Crippen LogP contribution in [0.3, 0.4) is 0 Å². The van der Waals surface area contributed by atoms with Gasteiger partial charge < -0.3 is 0 Å². The van der Waals surface area contributed by atoms with Crippen LogP contribution in [0, 0.1) is 6.92 Å². The molecule has 0 aliphatic carbocycles. The van der Waals surface area contributed by atoms with E-state index in [4.69, 9.17) is 0 Å². The van der Waals surface area contributed by atoms with Crippen molar-refractivity contribution in [3.05, 3.63) is 64.7 Å². The molecule has 2 heterocycles. The molecule has 0 saturated carbocycles. The Balaban J connectivity index is 1.94. The highest BCUT2D eigenvalue weighted by Crippen LogP contribution is 2.34. The van der Waals surface area contributed by atoms with E-state index < -0.39 is 0 Å². The Bertz CT molecular complexity index is 746. The maximum atomic E-state index is 12.4. The molecule has 2 aromatic rings. The van der Waals surface area contributed by atoms with Gasteiger partial charge in [0.2, 0.25) is 0 Å². The Hall–Kier alpha value is -2.42. The van der Waals surface area contributed by atoms with Gasteiger partial charge in [0.15, 0.2) is 0 Å². The van der Waals surface area contributed by atoms with Crippen LogP contribution in [-0.4, -0.2) is 16.6 Å². The van der Waals surface area contributed by atoms with Crippen molar-refractivity contribution in [2.45, 2.75) is 13.5 Å². The molecule has 0 fully saturated rings. The number of aliphatic imine (C=N–C) groups is 1. The van der Waals surface area contributed by atoms with Gasteiger partial charge in [-0.15, -0.1) is 0 Å². The number of amides is 1. The van der Waals surface area contributed by atoms with Crippen LogP contribution in [0.4, 0.5) is 5.69 Å². The molecule has 19 heavy (non-hydrogen) atoms. The van der Waals surface area contributed by atoms with Crippen molar-refractivity contribution in [1.29, 1.82) is 0 Å². The van der Waals surface area contributed by atoms with Crippen molar-refractivity contribution in [3.63, 3.8) is 0 Å². The maximum Gasteiger partial charge on any atom is 0.260 e. The van der Waals surface area contributed by atoms with Crippen molar-refractivity contribution < 1.29 is 4.79 Å². The summed E-state index contributed by atoms with van der Waals surface area (Å²) in [5, 5.41) is 0. The number of benzene rings is 2. The summed E-state index contributed by atoms with van der Waals surface area (Å²) in [4.78, 5) is 18.8. The number of fused-ring (bicyclic) bond motifs is 4. The predicted octanol–water partition coefficient (Wildman–Crippen LogP) is 3.04. The Morgan fingerprint density at radius 3 is 2.74 bits per heavy atom. The first kappa shape index (κ1) is 10.5. The number of rotatable bonds is 0. The third-order valence-electron chi connectivity index (χ3n) is 3.69. The lowest BCUT2D eigenvalue weighted by atomic mass is 10.1. The molecule has 0 aromatic heterocycles. The van der Waals surface area contributed by atoms with Gasteiger partial charge in [0.05, 0.1) is 17.8 Å². The average Bonchev–Trinajstić information content (AvgIpc) is 2.70. The van der Waals surface area contributed by atoms with Gasteiger partial charge in [-0.3, -0.25) is 9.69 Å². The summed E-state index contributed by atoms with van der Waals surface area (Å²) in [6.45, 7) is 2.67. The lowest BCUT2D eigenvalue weighted by Crippen LogP contribution is -2.31. The standard InChI is InChI=1S/C16H12N2O/c1-10-6-7-14-11(8-10)9-18-15(17-14)12-4-2-3-5-13(12)16(18)19/h2-8H,9H2,1H3. The van der Waals surface area contributed by atoms with Gasteiger partial charge in [-0.25, -0.2) is 4.99 Å². The fourth-order valence-corrected chi connectivity index (χ4v) is 2.75. The van der Waals surface area contributed by atoms with E-state index in [-0.39, 0.29) is 5.91 Å². The Morgan fingerprint density at radius 2 is 1.89 bits per heavy atom. The first-order chi connectivity index (χ1) is 9.24. The van der Waals surface area contributed by atoms with Gasteiger partial charge >= 0.3 is 0 Å².